The van der Waals surface area contributed by atoms with Gasteiger partial charge in [0.1, 0.15) is 0 Å². The van der Waals surface area contributed by atoms with E-state index in [0.717, 1.165) is 25.8 Å². The van der Waals surface area contributed by atoms with E-state index < -0.39 is 0 Å². The van der Waals surface area contributed by atoms with Gasteiger partial charge in [-0.25, -0.2) is 0 Å². The number of amides is 1. The Labute approximate surface area is 114 Å². The van der Waals surface area contributed by atoms with Gasteiger partial charge in [0.05, 0.1) is 5.92 Å². The largest absolute Gasteiger partial charge is 0.355 e. The Kier molecular flexibility index (Phi) is 3.31. The number of hydrogen-bond donors (Lipinski definition) is 2. The van der Waals surface area contributed by atoms with E-state index >= 15 is 0 Å². The Morgan fingerprint density at radius 1 is 1.32 bits per heavy atom. The lowest BCUT2D eigenvalue weighted by Gasteiger charge is -2.32. The molecule has 0 aromatic heterocycles. The van der Waals surface area contributed by atoms with Crippen LogP contribution in [-0.2, 0) is 11.2 Å². The highest BCUT2D eigenvalue weighted by Crippen LogP contribution is 2.38. The molecule has 1 amide bonds. The Balaban J connectivity index is 1.58. The maximum absolute atomic E-state index is 12.3. The predicted octanol–water partition coefficient (Wildman–Crippen LogP) is 1.96. The lowest BCUT2D eigenvalue weighted by atomic mass is 9.77. The first kappa shape index (κ1) is 12.7. The van der Waals surface area contributed by atoms with E-state index in [0.29, 0.717) is 6.54 Å². The monoisotopic (exact) mass is 258 g/mol. The van der Waals surface area contributed by atoms with E-state index in [-0.39, 0.29) is 17.2 Å². The summed E-state index contributed by atoms with van der Waals surface area (Å²) >= 11 is 0. The molecule has 0 aliphatic heterocycles. The van der Waals surface area contributed by atoms with Crippen LogP contribution < -0.4 is 11.1 Å². The molecule has 0 saturated heterocycles. The SMILES string of the molecule is NCC1(CNC(=O)C2Cc3ccccc32)CCCC1. The van der Waals surface area contributed by atoms with Gasteiger partial charge in [0.15, 0.2) is 0 Å². The van der Waals surface area contributed by atoms with E-state index in [1.165, 1.54) is 24.0 Å². The van der Waals surface area contributed by atoms with E-state index in [9.17, 15) is 4.79 Å². The van der Waals surface area contributed by atoms with Crippen molar-refractivity contribution in [3.63, 3.8) is 0 Å². The zero-order valence-electron chi connectivity index (χ0n) is 11.3. The van der Waals surface area contributed by atoms with Gasteiger partial charge in [-0.1, -0.05) is 37.1 Å². The summed E-state index contributed by atoms with van der Waals surface area (Å²) in [5.74, 6) is 0.242. The average molecular weight is 258 g/mol. The van der Waals surface area contributed by atoms with Gasteiger partial charge in [0.2, 0.25) is 5.91 Å². The van der Waals surface area contributed by atoms with Crippen molar-refractivity contribution in [2.24, 2.45) is 11.1 Å². The van der Waals surface area contributed by atoms with Crippen LogP contribution in [0.3, 0.4) is 0 Å². The molecule has 3 nitrogen and oxygen atoms in total. The molecule has 19 heavy (non-hydrogen) atoms. The Morgan fingerprint density at radius 3 is 2.74 bits per heavy atom. The first-order chi connectivity index (χ1) is 9.24. The summed E-state index contributed by atoms with van der Waals surface area (Å²) in [7, 11) is 0. The number of rotatable bonds is 4. The summed E-state index contributed by atoms with van der Waals surface area (Å²) in [6.45, 7) is 1.44. The van der Waals surface area contributed by atoms with Crippen molar-refractivity contribution in [3.05, 3.63) is 35.4 Å². The minimum atomic E-state index is 0.0624. The van der Waals surface area contributed by atoms with Crippen molar-refractivity contribution in [1.29, 1.82) is 0 Å². The number of fused-ring (bicyclic) bond motifs is 1. The van der Waals surface area contributed by atoms with E-state index in [2.05, 4.69) is 17.4 Å². The molecule has 102 valence electrons. The second-order valence-electron chi connectivity index (χ2n) is 6.08. The fourth-order valence-corrected chi connectivity index (χ4v) is 3.47. The van der Waals surface area contributed by atoms with Gasteiger partial charge in [0.25, 0.3) is 0 Å². The summed E-state index contributed by atoms with van der Waals surface area (Å²) in [6, 6.07) is 8.22. The Bertz CT molecular complexity index is 477. The number of nitrogens with two attached hydrogens (primary N) is 1. The van der Waals surface area contributed by atoms with Crippen LogP contribution in [0.15, 0.2) is 24.3 Å². The van der Waals surface area contributed by atoms with E-state index in [1.807, 2.05) is 12.1 Å². The topological polar surface area (TPSA) is 55.1 Å². The highest BCUT2D eigenvalue weighted by atomic mass is 16.1. The summed E-state index contributed by atoms with van der Waals surface area (Å²) in [4.78, 5) is 12.3. The van der Waals surface area contributed by atoms with Crippen LogP contribution in [0, 0.1) is 5.41 Å². The highest BCUT2D eigenvalue weighted by Gasteiger charge is 2.35. The molecule has 3 rings (SSSR count). The molecule has 1 aromatic carbocycles. The first-order valence-corrected chi connectivity index (χ1v) is 7.30. The third-order valence-electron chi connectivity index (χ3n) is 4.91. The third-order valence-corrected chi connectivity index (χ3v) is 4.91. The van der Waals surface area contributed by atoms with Gasteiger partial charge in [-0.2, -0.15) is 0 Å². The van der Waals surface area contributed by atoms with Crippen LogP contribution in [0.1, 0.15) is 42.7 Å². The molecule has 3 heteroatoms. The maximum atomic E-state index is 12.3. The van der Waals surface area contributed by atoms with Gasteiger partial charge in [-0.05, 0) is 42.3 Å². The smallest absolute Gasteiger partial charge is 0.227 e. The molecule has 1 fully saturated rings. The predicted molar refractivity (Wildman–Crippen MR) is 75.9 cm³/mol. The molecule has 2 aliphatic rings. The molecule has 1 aromatic rings. The van der Waals surface area contributed by atoms with Gasteiger partial charge < -0.3 is 11.1 Å². The number of hydrogen-bond acceptors (Lipinski definition) is 2. The van der Waals surface area contributed by atoms with Crippen LogP contribution in [0.5, 0.6) is 0 Å². The van der Waals surface area contributed by atoms with Gasteiger partial charge in [-0.3, -0.25) is 4.79 Å². The molecule has 1 saturated carbocycles. The number of nitrogens with one attached hydrogen (secondary N) is 1. The summed E-state index contributed by atoms with van der Waals surface area (Å²) in [5, 5.41) is 3.14. The van der Waals surface area contributed by atoms with Crippen LogP contribution in [0.2, 0.25) is 0 Å². The maximum Gasteiger partial charge on any atom is 0.227 e. The standard InChI is InChI=1S/C16H22N2O/c17-10-16(7-3-4-8-16)11-18-15(19)14-9-12-5-1-2-6-13(12)14/h1-2,5-6,14H,3-4,7-11,17H2,(H,18,19). The normalized spacial score (nSPS) is 23.5. The van der Waals surface area contributed by atoms with Crippen molar-refractivity contribution in [2.75, 3.05) is 13.1 Å². The number of carbonyl (C=O) groups excluding carboxylic acids is 1. The molecule has 1 unspecified atom stereocenters. The van der Waals surface area contributed by atoms with Crippen LogP contribution in [-0.4, -0.2) is 19.0 Å². The van der Waals surface area contributed by atoms with Crippen molar-refractivity contribution in [2.45, 2.75) is 38.0 Å². The van der Waals surface area contributed by atoms with E-state index in [4.69, 9.17) is 5.73 Å². The van der Waals surface area contributed by atoms with Gasteiger partial charge >= 0.3 is 0 Å². The average Bonchev–Trinajstić information content (AvgIpc) is 2.87. The second kappa shape index (κ2) is 4.97. The minimum absolute atomic E-state index is 0.0624. The van der Waals surface area contributed by atoms with Gasteiger partial charge in [-0.15, -0.1) is 0 Å². The van der Waals surface area contributed by atoms with Crippen molar-refractivity contribution in [3.8, 4) is 0 Å². The van der Waals surface area contributed by atoms with Crippen LogP contribution in [0.25, 0.3) is 0 Å². The Hall–Kier alpha value is -1.35. The molecule has 3 N–H and O–H groups in total. The van der Waals surface area contributed by atoms with Crippen LogP contribution in [0.4, 0.5) is 0 Å². The van der Waals surface area contributed by atoms with Gasteiger partial charge in [0, 0.05) is 6.54 Å². The fourth-order valence-electron chi connectivity index (χ4n) is 3.47. The molecule has 0 spiro atoms. The molecule has 0 heterocycles. The molecule has 0 bridgehead atoms. The fraction of sp³-hybridized carbons (Fsp3) is 0.562. The second-order valence-corrected chi connectivity index (χ2v) is 6.08. The molecular formula is C16H22N2O. The zero-order chi connectivity index (χ0) is 13.3. The van der Waals surface area contributed by atoms with E-state index in [1.54, 1.807) is 0 Å². The number of carbonyl (C=O) groups is 1. The van der Waals surface area contributed by atoms with Crippen LogP contribution >= 0.6 is 0 Å². The first-order valence-electron chi connectivity index (χ1n) is 7.30. The highest BCUT2D eigenvalue weighted by molar-refractivity contribution is 5.86. The molecular weight excluding hydrogens is 236 g/mol. The summed E-state index contributed by atoms with van der Waals surface area (Å²) < 4.78 is 0. The quantitative estimate of drug-likeness (QED) is 0.867. The lowest BCUT2D eigenvalue weighted by molar-refractivity contribution is -0.123. The minimum Gasteiger partial charge on any atom is -0.355 e. The third kappa shape index (κ3) is 2.27. The van der Waals surface area contributed by atoms with Crippen molar-refractivity contribution in [1.82, 2.24) is 5.32 Å². The molecule has 2 aliphatic carbocycles. The summed E-state index contributed by atoms with van der Waals surface area (Å²) in [6.07, 6.45) is 5.70. The molecule has 0 radical (unpaired) electrons. The Morgan fingerprint density at radius 2 is 2.05 bits per heavy atom. The lowest BCUT2D eigenvalue weighted by Crippen LogP contribution is -2.44. The summed E-state index contributed by atoms with van der Waals surface area (Å²) in [5.41, 5.74) is 8.59. The zero-order valence-corrected chi connectivity index (χ0v) is 11.3. The molecule has 1 atom stereocenters. The number of benzene rings is 1. The van der Waals surface area contributed by atoms with Crippen molar-refractivity contribution >= 4 is 5.91 Å². The van der Waals surface area contributed by atoms with Crippen molar-refractivity contribution < 1.29 is 4.79 Å².